The van der Waals surface area contributed by atoms with Crippen LogP contribution in [0.1, 0.15) is 42.9 Å². The van der Waals surface area contributed by atoms with Crippen molar-refractivity contribution < 1.29 is 4.79 Å². The molecule has 4 N–H and O–H groups in total. The van der Waals surface area contributed by atoms with E-state index < -0.39 is 0 Å². The zero-order chi connectivity index (χ0) is 13.8. The number of carbonyl (C=O) groups is 1. The van der Waals surface area contributed by atoms with E-state index in [1.54, 1.807) is 0 Å². The number of nitrogens with one attached hydrogen (secondary N) is 2. The number of hydrogen-bond donors (Lipinski definition) is 3. The van der Waals surface area contributed by atoms with Crippen molar-refractivity contribution in [3.05, 3.63) is 11.4 Å². The fourth-order valence-electron chi connectivity index (χ4n) is 2.26. The maximum Gasteiger partial charge on any atom is 0.273 e. The minimum absolute atomic E-state index is 0.194. The van der Waals surface area contributed by atoms with Crippen LogP contribution in [0.15, 0.2) is 0 Å². The molecule has 1 aromatic heterocycles. The van der Waals surface area contributed by atoms with Gasteiger partial charge in [-0.05, 0) is 25.8 Å². The van der Waals surface area contributed by atoms with E-state index in [0.29, 0.717) is 17.9 Å². The number of carbonyl (C=O) groups excluding carboxylic acids is 1. The van der Waals surface area contributed by atoms with Crippen molar-refractivity contribution in [3.63, 3.8) is 0 Å². The topological polar surface area (TPSA) is 87.0 Å². The van der Waals surface area contributed by atoms with Crippen molar-refractivity contribution in [1.29, 1.82) is 0 Å². The third-order valence-corrected chi connectivity index (χ3v) is 3.61. The summed E-state index contributed by atoms with van der Waals surface area (Å²) in [5, 5.41) is 9.65. The molecule has 0 unspecified atom stereocenters. The minimum atomic E-state index is -0.194. The van der Waals surface area contributed by atoms with Crippen molar-refractivity contribution in [2.75, 3.05) is 25.4 Å². The lowest BCUT2D eigenvalue weighted by molar-refractivity contribution is 0.0944. The van der Waals surface area contributed by atoms with Crippen LogP contribution in [0.5, 0.6) is 0 Å². The Balaban J connectivity index is 1.81. The predicted octanol–water partition coefficient (Wildman–Crippen LogP) is 0.768. The molecule has 0 atom stereocenters. The number of rotatable bonds is 7. The Morgan fingerprint density at radius 3 is 2.79 bits per heavy atom. The Morgan fingerprint density at radius 1 is 1.53 bits per heavy atom. The van der Waals surface area contributed by atoms with E-state index in [2.05, 4.69) is 27.3 Å². The van der Waals surface area contributed by atoms with Gasteiger partial charge in [0.15, 0.2) is 5.69 Å². The van der Waals surface area contributed by atoms with Gasteiger partial charge in [-0.2, -0.15) is 5.10 Å². The standard InChI is InChI=1S/C13H23N5O/c1-3-10-11(14)12(17-16-10)13(19)15-7-8-18(4-2)9-5-6-9/h9H,3-8,14H2,1-2H3,(H,15,19)(H,16,17). The van der Waals surface area contributed by atoms with Gasteiger partial charge in [-0.25, -0.2) is 0 Å². The fourth-order valence-corrected chi connectivity index (χ4v) is 2.26. The number of anilines is 1. The SMILES string of the molecule is CCc1[nH]nc(C(=O)NCCN(CC)C2CC2)c1N. The van der Waals surface area contributed by atoms with Crippen molar-refractivity contribution in [2.24, 2.45) is 0 Å². The summed E-state index contributed by atoms with van der Waals surface area (Å²) in [5.74, 6) is -0.194. The van der Waals surface area contributed by atoms with Gasteiger partial charge in [-0.15, -0.1) is 0 Å². The second kappa shape index (κ2) is 6.06. The molecule has 0 aliphatic heterocycles. The third-order valence-electron chi connectivity index (χ3n) is 3.61. The number of likely N-dealkylation sites (N-methyl/N-ethyl adjacent to an activating group) is 1. The van der Waals surface area contributed by atoms with E-state index in [4.69, 9.17) is 5.73 Å². The molecule has 0 radical (unpaired) electrons. The van der Waals surface area contributed by atoms with Gasteiger partial charge in [0, 0.05) is 19.1 Å². The molecule has 1 aliphatic carbocycles. The van der Waals surface area contributed by atoms with Gasteiger partial charge in [0.1, 0.15) is 0 Å². The lowest BCUT2D eigenvalue weighted by Crippen LogP contribution is -2.36. The second-order valence-corrected chi connectivity index (χ2v) is 4.93. The summed E-state index contributed by atoms with van der Waals surface area (Å²) in [7, 11) is 0. The van der Waals surface area contributed by atoms with Gasteiger partial charge in [0.25, 0.3) is 5.91 Å². The molecule has 1 aromatic rings. The number of hydrogen-bond acceptors (Lipinski definition) is 4. The van der Waals surface area contributed by atoms with Crippen molar-refractivity contribution in [2.45, 2.75) is 39.2 Å². The molecule has 6 nitrogen and oxygen atoms in total. The van der Waals surface area contributed by atoms with Crippen molar-refractivity contribution in [1.82, 2.24) is 20.4 Å². The molecule has 1 fully saturated rings. The number of nitrogen functional groups attached to an aromatic ring is 1. The molecule has 1 amide bonds. The van der Waals surface area contributed by atoms with Gasteiger partial charge in [0.05, 0.1) is 11.4 Å². The molecular formula is C13H23N5O. The van der Waals surface area contributed by atoms with Crippen LogP contribution in [-0.2, 0) is 6.42 Å². The van der Waals surface area contributed by atoms with Gasteiger partial charge >= 0.3 is 0 Å². The molecule has 1 heterocycles. The molecule has 0 spiro atoms. The molecule has 106 valence electrons. The van der Waals surface area contributed by atoms with Gasteiger partial charge in [0.2, 0.25) is 0 Å². The number of nitrogens with two attached hydrogens (primary N) is 1. The zero-order valence-corrected chi connectivity index (χ0v) is 11.7. The Labute approximate surface area is 113 Å². The quantitative estimate of drug-likeness (QED) is 0.679. The van der Waals surface area contributed by atoms with Crippen LogP contribution in [0.3, 0.4) is 0 Å². The molecule has 1 aliphatic rings. The Bertz CT molecular complexity index is 438. The van der Waals surface area contributed by atoms with Crippen molar-refractivity contribution >= 4 is 11.6 Å². The van der Waals surface area contributed by atoms with E-state index in [0.717, 1.165) is 31.2 Å². The first-order valence-corrected chi connectivity index (χ1v) is 7.02. The zero-order valence-electron chi connectivity index (χ0n) is 11.7. The van der Waals surface area contributed by atoms with Gasteiger partial charge in [-0.1, -0.05) is 13.8 Å². The summed E-state index contributed by atoms with van der Waals surface area (Å²) in [5.41, 5.74) is 7.46. The lowest BCUT2D eigenvalue weighted by atomic mass is 10.2. The Morgan fingerprint density at radius 2 is 2.26 bits per heavy atom. The summed E-state index contributed by atoms with van der Waals surface area (Å²) in [4.78, 5) is 14.4. The summed E-state index contributed by atoms with van der Waals surface area (Å²) < 4.78 is 0. The third kappa shape index (κ3) is 3.26. The fraction of sp³-hybridized carbons (Fsp3) is 0.692. The van der Waals surface area contributed by atoms with E-state index in [1.807, 2.05) is 6.92 Å². The van der Waals surface area contributed by atoms with Crippen LogP contribution in [0.25, 0.3) is 0 Å². The number of aromatic nitrogens is 2. The summed E-state index contributed by atoms with van der Waals surface area (Å²) in [6.45, 7) is 6.68. The average Bonchev–Trinajstić information content (AvgIpc) is 3.17. The molecule has 6 heteroatoms. The first kappa shape index (κ1) is 13.9. The van der Waals surface area contributed by atoms with Crippen LogP contribution in [0.2, 0.25) is 0 Å². The van der Waals surface area contributed by atoms with E-state index >= 15 is 0 Å². The second-order valence-electron chi connectivity index (χ2n) is 4.93. The summed E-state index contributed by atoms with van der Waals surface area (Å²) in [6, 6.07) is 0.726. The number of aryl methyl sites for hydroxylation is 1. The van der Waals surface area contributed by atoms with E-state index in [1.165, 1.54) is 12.8 Å². The molecular weight excluding hydrogens is 242 g/mol. The number of amides is 1. The number of H-pyrrole nitrogens is 1. The van der Waals surface area contributed by atoms with Crippen LogP contribution in [-0.4, -0.2) is 46.7 Å². The van der Waals surface area contributed by atoms with Gasteiger partial charge < -0.3 is 11.1 Å². The minimum Gasteiger partial charge on any atom is -0.395 e. The smallest absolute Gasteiger partial charge is 0.273 e. The maximum atomic E-state index is 12.0. The normalized spacial score (nSPS) is 14.9. The summed E-state index contributed by atoms with van der Waals surface area (Å²) >= 11 is 0. The Hall–Kier alpha value is -1.56. The molecule has 2 rings (SSSR count). The van der Waals surface area contributed by atoms with Crippen molar-refractivity contribution in [3.8, 4) is 0 Å². The molecule has 1 saturated carbocycles. The van der Waals surface area contributed by atoms with Crippen LogP contribution < -0.4 is 11.1 Å². The van der Waals surface area contributed by atoms with Crippen LogP contribution >= 0.6 is 0 Å². The molecule has 19 heavy (non-hydrogen) atoms. The highest BCUT2D eigenvalue weighted by molar-refractivity contribution is 5.97. The highest BCUT2D eigenvalue weighted by Gasteiger charge is 2.27. The molecule has 0 aromatic carbocycles. The Kier molecular flexibility index (Phi) is 4.42. The van der Waals surface area contributed by atoms with E-state index in [-0.39, 0.29) is 5.91 Å². The highest BCUT2D eigenvalue weighted by atomic mass is 16.1. The highest BCUT2D eigenvalue weighted by Crippen LogP contribution is 2.25. The maximum absolute atomic E-state index is 12.0. The summed E-state index contributed by atoms with van der Waals surface area (Å²) in [6.07, 6.45) is 3.32. The monoisotopic (exact) mass is 265 g/mol. The molecule has 0 bridgehead atoms. The number of nitrogens with zero attached hydrogens (tertiary/aromatic N) is 2. The van der Waals surface area contributed by atoms with Crippen LogP contribution in [0.4, 0.5) is 5.69 Å². The lowest BCUT2D eigenvalue weighted by Gasteiger charge is -2.19. The first-order valence-electron chi connectivity index (χ1n) is 7.02. The first-order chi connectivity index (χ1) is 9.17. The number of aromatic amines is 1. The largest absolute Gasteiger partial charge is 0.395 e. The van der Waals surface area contributed by atoms with Crippen LogP contribution in [0, 0.1) is 0 Å². The predicted molar refractivity (Wildman–Crippen MR) is 75.0 cm³/mol. The average molecular weight is 265 g/mol. The molecule has 0 saturated heterocycles. The van der Waals surface area contributed by atoms with E-state index in [9.17, 15) is 4.79 Å². The van der Waals surface area contributed by atoms with Gasteiger partial charge in [-0.3, -0.25) is 14.8 Å².